The van der Waals surface area contributed by atoms with Gasteiger partial charge in [0.25, 0.3) is 0 Å². The van der Waals surface area contributed by atoms with Gasteiger partial charge < -0.3 is 10.2 Å². The van der Waals surface area contributed by atoms with Crippen LogP contribution < -0.4 is 10.2 Å². The van der Waals surface area contributed by atoms with E-state index in [0.717, 1.165) is 32.0 Å². The number of aryl methyl sites for hydroxylation is 1. The molecule has 1 N–H and O–H groups in total. The van der Waals surface area contributed by atoms with Gasteiger partial charge >= 0.3 is 0 Å². The molecule has 1 aromatic rings. The Bertz CT molecular complexity index is 356. The quantitative estimate of drug-likeness (QED) is 0.816. The van der Waals surface area contributed by atoms with Gasteiger partial charge in [0.1, 0.15) is 5.82 Å². The maximum Gasteiger partial charge on any atom is 0.125 e. The Morgan fingerprint density at radius 3 is 2.62 bits per heavy atom. The predicted octanol–water partition coefficient (Wildman–Crippen LogP) is 1.32. The summed E-state index contributed by atoms with van der Waals surface area (Å²) in [6.07, 6.45) is 1.98. The molecule has 0 aromatic carbocycles. The molecule has 4 heteroatoms. The highest BCUT2D eigenvalue weighted by molar-refractivity contribution is 5.50. The van der Waals surface area contributed by atoms with Crippen LogP contribution in [0.5, 0.6) is 0 Å². The van der Waals surface area contributed by atoms with Crippen LogP contribution in [0.1, 0.15) is 31.3 Å². The van der Waals surface area contributed by atoms with Gasteiger partial charge in [-0.15, -0.1) is 0 Å². The van der Waals surface area contributed by atoms with Crippen LogP contribution >= 0.6 is 0 Å². The van der Waals surface area contributed by atoms with Crippen molar-refractivity contribution in [2.75, 3.05) is 31.1 Å². The molecule has 0 atom stereocenters. The first-order chi connectivity index (χ1) is 7.68. The molecule has 0 spiro atoms. The Morgan fingerprint density at radius 2 is 2.00 bits per heavy atom. The van der Waals surface area contributed by atoms with E-state index in [9.17, 15) is 0 Å². The number of anilines is 1. The highest BCUT2D eigenvalue weighted by Crippen LogP contribution is 2.25. The summed E-state index contributed by atoms with van der Waals surface area (Å²) in [6.45, 7) is 10.5. The Balaban J connectivity index is 2.31. The van der Waals surface area contributed by atoms with Crippen LogP contribution in [-0.2, 0) is 0 Å². The molecule has 2 rings (SSSR count). The third kappa shape index (κ3) is 2.32. The number of aromatic nitrogens is 2. The molecule has 0 aliphatic carbocycles. The van der Waals surface area contributed by atoms with Gasteiger partial charge in [-0.1, -0.05) is 13.8 Å². The van der Waals surface area contributed by atoms with E-state index < -0.39 is 0 Å². The van der Waals surface area contributed by atoms with Crippen molar-refractivity contribution in [1.82, 2.24) is 15.3 Å². The molecule has 0 bridgehead atoms. The maximum absolute atomic E-state index is 4.57. The zero-order valence-electron chi connectivity index (χ0n) is 10.3. The standard InChI is InChI=1S/C12H20N4/c1-9(2)12-11(8-14-10(3)15-12)16-6-4-13-5-7-16/h8-9,13H,4-7H2,1-3H3. The molecule has 1 saturated heterocycles. The minimum absolute atomic E-state index is 0.451. The summed E-state index contributed by atoms with van der Waals surface area (Å²) in [6, 6.07) is 0. The number of nitrogens with zero attached hydrogens (tertiary/aromatic N) is 3. The second kappa shape index (κ2) is 4.78. The van der Waals surface area contributed by atoms with Crippen molar-refractivity contribution in [3.8, 4) is 0 Å². The average Bonchev–Trinajstić information content (AvgIpc) is 2.30. The summed E-state index contributed by atoms with van der Waals surface area (Å²) in [4.78, 5) is 11.3. The van der Waals surface area contributed by atoms with Crippen molar-refractivity contribution >= 4 is 5.69 Å². The third-order valence-electron chi connectivity index (χ3n) is 2.92. The fourth-order valence-electron chi connectivity index (χ4n) is 2.06. The van der Waals surface area contributed by atoms with Gasteiger partial charge in [-0.2, -0.15) is 0 Å². The predicted molar refractivity (Wildman–Crippen MR) is 65.9 cm³/mol. The number of hydrogen-bond acceptors (Lipinski definition) is 4. The second-order valence-corrected chi connectivity index (χ2v) is 4.58. The molecule has 1 fully saturated rings. The van der Waals surface area contributed by atoms with Crippen molar-refractivity contribution in [2.45, 2.75) is 26.7 Å². The van der Waals surface area contributed by atoms with Crippen LogP contribution in [0.25, 0.3) is 0 Å². The highest BCUT2D eigenvalue weighted by Gasteiger charge is 2.17. The van der Waals surface area contributed by atoms with Gasteiger partial charge in [-0.25, -0.2) is 9.97 Å². The van der Waals surface area contributed by atoms with Gasteiger partial charge in [0.15, 0.2) is 0 Å². The van der Waals surface area contributed by atoms with Crippen LogP contribution in [0.3, 0.4) is 0 Å². The summed E-state index contributed by atoms with van der Waals surface area (Å²) in [7, 11) is 0. The fourth-order valence-corrected chi connectivity index (χ4v) is 2.06. The first kappa shape index (κ1) is 11.3. The van der Waals surface area contributed by atoms with Gasteiger partial charge in [0.2, 0.25) is 0 Å². The highest BCUT2D eigenvalue weighted by atomic mass is 15.2. The van der Waals surface area contributed by atoms with Crippen LogP contribution in [0.15, 0.2) is 6.20 Å². The molecule has 16 heavy (non-hydrogen) atoms. The number of rotatable bonds is 2. The molecule has 2 heterocycles. The van der Waals surface area contributed by atoms with Crippen molar-refractivity contribution in [3.05, 3.63) is 17.7 Å². The lowest BCUT2D eigenvalue weighted by atomic mass is 10.1. The SMILES string of the molecule is Cc1ncc(N2CCNCC2)c(C(C)C)n1. The van der Waals surface area contributed by atoms with Crippen LogP contribution in [0.4, 0.5) is 5.69 Å². The zero-order chi connectivity index (χ0) is 11.5. The minimum Gasteiger partial charge on any atom is -0.366 e. The Kier molecular flexibility index (Phi) is 3.39. The van der Waals surface area contributed by atoms with Gasteiger partial charge in [-0.05, 0) is 12.8 Å². The van der Waals surface area contributed by atoms with E-state index in [1.807, 2.05) is 13.1 Å². The third-order valence-corrected chi connectivity index (χ3v) is 2.92. The molecule has 0 amide bonds. The van der Waals surface area contributed by atoms with E-state index >= 15 is 0 Å². The molecule has 4 nitrogen and oxygen atoms in total. The molecule has 1 aliphatic heterocycles. The fraction of sp³-hybridized carbons (Fsp3) is 0.667. The molecule has 88 valence electrons. The van der Waals surface area contributed by atoms with Gasteiger partial charge in [0, 0.05) is 26.2 Å². The zero-order valence-corrected chi connectivity index (χ0v) is 10.3. The summed E-state index contributed by atoms with van der Waals surface area (Å²) < 4.78 is 0. The molecule has 1 aliphatic rings. The molecule has 0 radical (unpaired) electrons. The van der Waals surface area contributed by atoms with Crippen molar-refractivity contribution in [3.63, 3.8) is 0 Å². The molecule has 1 aromatic heterocycles. The van der Waals surface area contributed by atoms with Gasteiger partial charge in [0.05, 0.1) is 17.6 Å². The van der Waals surface area contributed by atoms with E-state index in [2.05, 4.69) is 34.0 Å². The summed E-state index contributed by atoms with van der Waals surface area (Å²) in [5, 5.41) is 3.36. The number of piperazine rings is 1. The molecule has 0 saturated carbocycles. The second-order valence-electron chi connectivity index (χ2n) is 4.58. The van der Waals surface area contributed by atoms with Crippen molar-refractivity contribution < 1.29 is 0 Å². The van der Waals surface area contributed by atoms with Crippen molar-refractivity contribution in [1.29, 1.82) is 0 Å². The Labute approximate surface area is 97.1 Å². The maximum atomic E-state index is 4.57. The topological polar surface area (TPSA) is 41.1 Å². The van der Waals surface area contributed by atoms with Crippen LogP contribution in [0.2, 0.25) is 0 Å². The lowest BCUT2D eigenvalue weighted by molar-refractivity contribution is 0.583. The Morgan fingerprint density at radius 1 is 1.31 bits per heavy atom. The van der Waals surface area contributed by atoms with Gasteiger partial charge in [-0.3, -0.25) is 0 Å². The lowest BCUT2D eigenvalue weighted by Crippen LogP contribution is -2.44. The normalized spacial score (nSPS) is 16.9. The van der Waals surface area contributed by atoms with E-state index in [4.69, 9.17) is 0 Å². The molecular weight excluding hydrogens is 200 g/mol. The lowest BCUT2D eigenvalue weighted by Gasteiger charge is -2.31. The van der Waals surface area contributed by atoms with E-state index in [1.165, 1.54) is 11.4 Å². The minimum atomic E-state index is 0.451. The smallest absolute Gasteiger partial charge is 0.125 e. The largest absolute Gasteiger partial charge is 0.366 e. The first-order valence-electron chi connectivity index (χ1n) is 5.97. The molecule has 0 unspecified atom stereocenters. The number of nitrogens with one attached hydrogen (secondary N) is 1. The van der Waals surface area contributed by atoms with E-state index in [-0.39, 0.29) is 0 Å². The average molecular weight is 220 g/mol. The van der Waals surface area contributed by atoms with Crippen molar-refractivity contribution in [2.24, 2.45) is 0 Å². The first-order valence-corrected chi connectivity index (χ1v) is 5.97. The summed E-state index contributed by atoms with van der Waals surface area (Å²) >= 11 is 0. The monoisotopic (exact) mass is 220 g/mol. The van der Waals surface area contributed by atoms with E-state index in [0.29, 0.717) is 5.92 Å². The summed E-state index contributed by atoms with van der Waals surface area (Å²) in [5.74, 6) is 1.31. The molecular formula is C12H20N4. The van der Waals surface area contributed by atoms with Crippen LogP contribution in [-0.4, -0.2) is 36.1 Å². The van der Waals surface area contributed by atoms with E-state index in [1.54, 1.807) is 0 Å². The number of hydrogen-bond donors (Lipinski definition) is 1. The summed E-state index contributed by atoms with van der Waals surface area (Å²) in [5.41, 5.74) is 2.39. The van der Waals surface area contributed by atoms with Crippen LogP contribution in [0, 0.1) is 6.92 Å². The Hall–Kier alpha value is -1.16.